The van der Waals surface area contributed by atoms with Crippen molar-refractivity contribution in [3.63, 3.8) is 0 Å². The molecule has 1 aliphatic rings. The lowest BCUT2D eigenvalue weighted by molar-refractivity contribution is 0.0729. The Kier molecular flexibility index (Phi) is 3.81. The molecular formula is C17H15BrFNO. The van der Waals surface area contributed by atoms with Gasteiger partial charge in [0.25, 0.3) is 5.91 Å². The van der Waals surface area contributed by atoms with E-state index in [9.17, 15) is 9.18 Å². The number of carbonyl (C=O) groups is 1. The van der Waals surface area contributed by atoms with E-state index in [2.05, 4.69) is 28.1 Å². The van der Waals surface area contributed by atoms with Gasteiger partial charge in [0.1, 0.15) is 5.82 Å². The van der Waals surface area contributed by atoms with Gasteiger partial charge in [0.05, 0.1) is 11.6 Å². The van der Waals surface area contributed by atoms with Gasteiger partial charge in [0.2, 0.25) is 0 Å². The number of amides is 1. The first kappa shape index (κ1) is 14.3. The van der Waals surface area contributed by atoms with Gasteiger partial charge in [-0.05, 0) is 58.1 Å². The van der Waals surface area contributed by atoms with Crippen LogP contribution in [0.3, 0.4) is 0 Å². The summed E-state index contributed by atoms with van der Waals surface area (Å²) in [4.78, 5) is 14.4. The van der Waals surface area contributed by atoms with Gasteiger partial charge in [0.15, 0.2) is 0 Å². The number of aryl methyl sites for hydroxylation is 1. The average molecular weight is 348 g/mol. The Bertz CT molecular complexity index is 701. The summed E-state index contributed by atoms with van der Waals surface area (Å²) < 4.78 is 14.0. The number of hydrogen-bond acceptors (Lipinski definition) is 1. The fourth-order valence-electron chi connectivity index (χ4n) is 2.93. The summed E-state index contributed by atoms with van der Waals surface area (Å²) >= 11 is 3.33. The van der Waals surface area contributed by atoms with Crippen molar-refractivity contribution < 1.29 is 9.18 Å². The van der Waals surface area contributed by atoms with E-state index >= 15 is 0 Å². The van der Waals surface area contributed by atoms with Crippen LogP contribution >= 0.6 is 15.9 Å². The first-order valence-electron chi connectivity index (χ1n) is 6.88. The van der Waals surface area contributed by atoms with Crippen LogP contribution in [0.25, 0.3) is 0 Å². The molecule has 0 heterocycles. The van der Waals surface area contributed by atoms with Gasteiger partial charge in [-0.25, -0.2) is 4.39 Å². The average Bonchev–Trinajstić information content (AvgIpc) is 2.92. The second kappa shape index (κ2) is 5.60. The molecule has 2 nitrogen and oxygen atoms in total. The molecule has 0 radical (unpaired) electrons. The molecule has 0 aromatic heterocycles. The molecule has 1 aliphatic carbocycles. The topological polar surface area (TPSA) is 20.3 Å². The maximum absolute atomic E-state index is 13.4. The minimum absolute atomic E-state index is 0.0591. The highest BCUT2D eigenvalue weighted by atomic mass is 79.9. The number of hydrogen-bond donors (Lipinski definition) is 0. The molecule has 0 fully saturated rings. The fraction of sp³-hybridized carbons (Fsp3) is 0.235. The minimum atomic E-state index is -0.401. The largest absolute Gasteiger partial charge is 0.335 e. The quantitative estimate of drug-likeness (QED) is 0.790. The number of rotatable bonds is 2. The summed E-state index contributed by atoms with van der Waals surface area (Å²) in [6.07, 6.45) is 1.89. The molecule has 1 atom stereocenters. The molecule has 21 heavy (non-hydrogen) atoms. The van der Waals surface area contributed by atoms with E-state index < -0.39 is 5.82 Å². The normalized spacial score (nSPS) is 16.6. The molecule has 2 aromatic carbocycles. The minimum Gasteiger partial charge on any atom is -0.335 e. The van der Waals surface area contributed by atoms with Gasteiger partial charge in [-0.2, -0.15) is 0 Å². The zero-order chi connectivity index (χ0) is 15.0. The maximum Gasteiger partial charge on any atom is 0.255 e. The van der Waals surface area contributed by atoms with Crippen molar-refractivity contribution >= 4 is 21.8 Å². The molecule has 0 N–H and O–H groups in total. The second-order valence-corrected chi connectivity index (χ2v) is 6.15. The third-order valence-corrected chi connectivity index (χ3v) is 4.74. The van der Waals surface area contributed by atoms with Crippen molar-refractivity contribution in [2.75, 3.05) is 7.05 Å². The predicted molar refractivity (Wildman–Crippen MR) is 83.7 cm³/mol. The van der Waals surface area contributed by atoms with Gasteiger partial charge >= 0.3 is 0 Å². The maximum atomic E-state index is 13.4. The molecule has 4 heteroatoms. The highest BCUT2D eigenvalue weighted by molar-refractivity contribution is 9.10. The Balaban J connectivity index is 1.91. The first-order valence-corrected chi connectivity index (χ1v) is 7.67. The number of carbonyl (C=O) groups excluding carboxylic acids is 1. The molecule has 0 saturated heterocycles. The van der Waals surface area contributed by atoms with Crippen LogP contribution in [-0.4, -0.2) is 17.9 Å². The summed E-state index contributed by atoms with van der Waals surface area (Å²) in [6, 6.07) is 12.4. The lowest BCUT2D eigenvalue weighted by Gasteiger charge is -2.26. The van der Waals surface area contributed by atoms with Crippen LogP contribution in [0.15, 0.2) is 46.9 Å². The molecule has 0 aliphatic heterocycles. The van der Waals surface area contributed by atoms with Crippen LogP contribution in [0.2, 0.25) is 0 Å². The van der Waals surface area contributed by atoms with Crippen molar-refractivity contribution in [2.24, 2.45) is 0 Å². The Morgan fingerprint density at radius 3 is 2.86 bits per heavy atom. The van der Waals surface area contributed by atoms with Gasteiger partial charge in [0, 0.05) is 11.5 Å². The van der Waals surface area contributed by atoms with Gasteiger partial charge in [-0.1, -0.05) is 24.3 Å². The van der Waals surface area contributed by atoms with Crippen molar-refractivity contribution in [3.05, 3.63) is 69.4 Å². The molecule has 108 valence electrons. The van der Waals surface area contributed by atoms with Crippen LogP contribution in [0.5, 0.6) is 0 Å². The van der Waals surface area contributed by atoms with Gasteiger partial charge in [-0.15, -0.1) is 0 Å². The molecule has 0 bridgehead atoms. The zero-order valence-corrected chi connectivity index (χ0v) is 13.2. The van der Waals surface area contributed by atoms with Crippen LogP contribution < -0.4 is 0 Å². The zero-order valence-electron chi connectivity index (χ0n) is 11.6. The summed E-state index contributed by atoms with van der Waals surface area (Å²) in [6.45, 7) is 0. The highest BCUT2D eigenvalue weighted by Crippen LogP contribution is 2.36. The predicted octanol–water partition coefficient (Wildman–Crippen LogP) is 4.35. The molecule has 1 amide bonds. The Morgan fingerprint density at radius 1 is 1.29 bits per heavy atom. The summed E-state index contributed by atoms with van der Waals surface area (Å²) in [5.74, 6) is -0.565. The van der Waals surface area contributed by atoms with E-state index in [1.807, 2.05) is 12.1 Å². The van der Waals surface area contributed by atoms with E-state index in [0.29, 0.717) is 10.0 Å². The lowest BCUT2D eigenvalue weighted by Crippen LogP contribution is -2.30. The van der Waals surface area contributed by atoms with Gasteiger partial charge < -0.3 is 4.90 Å². The second-order valence-electron chi connectivity index (χ2n) is 5.29. The van der Waals surface area contributed by atoms with E-state index in [-0.39, 0.29) is 11.9 Å². The summed E-state index contributed by atoms with van der Waals surface area (Å²) in [5.41, 5.74) is 2.85. The number of halogens is 2. The van der Waals surface area contributed by atoms with E-state index in [4.69, 9.17) is 0 Å². The first-order chi connectivity index (χ1) is 10.1. The van der Waals surface area contributed by atoms with Gasteiger partial charge in [-0.3, -0.25) is 4.79 Å². The smallest absolute Gasteiger partial charge is 0.255 e. The van der Waals surface area contributed by atoms with Crippen LogP contribution in [0.4, 0.5) is 4.39 Å². The Morgan fingerprint density at radius 2 is 2.05 bits per heavy atom. The molecular weight excluding hydrogens is 333 g/mol. The van der Waals surface area contributed by atoms with Crippen LogP contribution in [0.1, 0.15) is 33.9 Å². The lowest BCUT2D eigenvalue weighted by atomic mass is 10.1. The van der Waals surface area contributed by atoms with E-state index in [0.717, 1.165) is 12.8 Å². The summed E-state index contributed by atoms with van der Waals surface area (Å²) in [7, 11) is 1.78. The van der Waals surface area contributed by atoms with Crippen molar-refractivity contribution in [2.45, 2.75) is 18.9 Å². The molecule has 0 saturated carbocycles. The number of fused-ring (bicyclic) bond motifs is 1. The Hall–Kier alpha value is -1.68. The third-order valence-electron chi connectivity index (χ3n) is 4.05. The van der Waals surface area contributed by atoms with Crippen LogP contribution in [0, 0.1) is 5.82 Å². The monoisotopic (exact) mass is 347 g/mol. The van der Waals surface area contributed by atoms with E-state index in [1.165, 1.54) is 23.3 Å². The standard InChI is InChI=1S/C17H15BrFNO/c1-20(16-9-6-11-4-2-3-5-13(11)16)17(21)14-10-12(19)7-8-15(14)18/h2-5,7-8,10,16H,6,9H2,1H3/t16-/m1/s1. The molecule has 0 spiro atoms. The molecule has 3 rings (SSSR count). The van der Waals surface area contributed by atoms with Crippen molar-refractivity contribution in [1.29, 1.82) is 0 Å². The number of nitrogens with zero attached hydrogens (tertiary/aromatic N) is 1. The van der Waals surface area contributed by atoms with E-state index in [1.54, 1.807) is 18.0 Å². The van der Waals surface area contributed by atoms with Crippen molar-refractivity contribution in [1.82, 2.24) is 4.90 Å². The van der Waals surface area contributed by atoms with Crippen molar-refractivity contribution in [3.8, 4) is 0 Å². The molecule has 0 unspecified atom stereocenters. The SMILES string of the molecule is CN(C(=O)c1cc(F)ccc1Br)[C@@H]1CCc2ccccc21. The third kappa shape index (κ3) is 2.60. The summed E-state index contributed by atoms with van der Waals surface area (Å²) in [5, 5.41) is 0. The fourth-order valence-corrected chi connectivity index (χ4v) is 3.35. The Labute approximate surface area is 131 Å². The van der Waals surface area contributed by atoms with Crippen LogP contribution in [-0.2, 0) is 6.42 Å². The highest BCUT2D eigenvalue weighted by Gasteiger charge is 2.29. The number of benzene rings is 2. The molecule has 2 aromatic rings.